The summed E-state index contributed by atoms with van der Waals surface area (Å²) in [7, 11) is 2.98. The van der Waals surface area contributed by atoms with Gasteiger partial charge in [-0.1, -0.05) is 26.3 Å². The molecule has 0 saturated carbocycles. The lowest BCUT2D eigenvalue weighted by atomic mass is 10.1. The number of barbiturate groups is 1. The van der Waals surface area contributed by atoms with Crippen molar-refractivity contribution in [3.63, 3.8) is 0 Å². The van der Waals surface area contributed by atoms with Crippen LogP contribution in [-0.2, 0) is 9.59 Å². The van der Waals surface area contributed by atoms with Crippen molar-refractivity contribution in [3.05, 3.63) is 47.5 Å². The van der Waals surface area contributed by atoms with E-state index in [-0.39, 0.29) is 11.3 Å². The number of hydrogen-bond donors (Lipinski definition) is 1. The Morgan fingerprint density at radius 1 is 0.829 bits per heavy atom. The van der Waals surface area contributed by atoms with Crippen molar-refractivity contribution < 1.29 is 33.3 Å². The summed E-state index contributed by atoms with van der Waals surface area (Å²) in [5.74, 6) is 0.348. The van der Waals surface area contributed by atoms with Gasteiger partial charge in [0.2, 0.25) is 0 Å². The number of methoxy groups -OCH3 is 2. The third-order valence-electron chi connectivity index (χ3n) is 5.22. The zero-order valence-electron chi connectivity index (χ0n) is 20.4. The van der Waals surface area contributed by atoms with E-state index in [9.17, 15) is 14.4 Å². The van der Waals surface area contributed by atoms with E-state index in [0.717, 1.165) is 24.2 Å². The standard InChI is InChI=1S/C26H30N2O7/c1-5-7-13-35-20-10-8-17(15-22(20)32-3)14-19-24(29)27-26(31)28(25(19)30)18-9-11-21(34-12-6-2)23(16-18)33-4/h8-11,14-16H,5-7,12-13H2,1-4H3,(H,27,29,31)/b19-14-. The second kappa shape index (κ2) is 11.9. The maximum absolute atomic E-state index is 13.3. The highest BCUT2D eigenvalue weighted by Gasteiger charge is 2.37. The summed E-state index contributed by atoms with van der Waals surface area (Å²) in [6.45, 7) is 5.09. The van der Waals surface area contributed by atoms with Crippen LogP contribution >= 0.6 is 0 Å². The molecule has 1 saturated heterocycles. The van der Waals surface area contributed by atoms with Gasteiger partial charge in [-0.25, -0.2) is 9.69 Å². The second-order valence-electron chi connectivity index (χ2n) is 7.75. The SMILES string of the molecule is CCCCOc1ccc(/C=C2/C(=O)NC(=O)N(c3ccc(OCCC)c(OC)c3)C2=O)cc1OC. The number of carbonyl (C=O) groups is 3. The Kier molecular flexibility index (Phi) is 8.72. The van der Waals surface area contributed by atoms with Crippen molar-refractivity contribution >= 4 is 29.6 Å². The van der Waals surface area contributed by atoms with E-state index in [1.807, 2.05) is 6.92 Å². The van der Waals surface area contributed by atoms with Crippen molar-refractivity contribution in [2.24, 2.45) is 0 Å². The molecule has 1 aliphatic rings. The van der Waals surface area contributed by atoms with Crippen LogP contribution in [0.4, 0.5) is 10.5 Å². The third kappa shape index (κ3) is 5.92. The van der Waals surface area contributed by atoms with E-state index in [0.29, 0.717) is 41.8 Å². The second-order valence-corrected chi connectivity index (χ2v) is 7.75. The van der Waals surface area contributed by atoms with Crippen LogP contribution in [0.25, 0.3) is 6.08 Å². The van der Waals surface area contributed by atoms with Crippen LogP contribution in [0.2, 0.25) is 0 Å². The van der Waals surface area contributed by atoms with Gasteiger partial charge in [0.25, 0.3) is 11.8 Å². The number of amides is 4. The Hall–Kier alpha value is -4.01. The van der Waals surface area contributed by atoms with E-state index in [4.69, 9.17) is 18.9 Å². The number of imide groups is 2. The number of ether oxygens (including phenoxy) is 4. The summed E-state index contributed by atoms with van der Waals surface area (Å²) in [5, 5.41) is 2.22. The molecule has 9 heteroatoms. The first-order chi connectivity index (χ1) is 16.9. The molecule has 2 aromatic carbocycles. The molecule has 0 atom stereocenters. The summed E-state index contributed by atoms with van der Waals surface area (Å²) >= 11 is 0. The largest absolute Gasteiger partial charge is 0.493 e. The van der Waals surface area contributed by atoms with Crippen molar-refractivity contribution in [1.82, 2.24) is 5.32 Å². The van der Waals surface area contributed by atoms with Crippen molar-refractivity contribution in [3.8, 4) is 23.0 Å². The molecule has 0 aromatic heterocycles. The van der Waals surface area contributed by atoms with Crippen LogP contribution in [0.15, 0.2) is 42.0 Å². The molecule has 1 fully saturated rings. The minimum absolute atomic E-state index is 0.198. The average molecular weight is 483 g/mol. The van der Waals surface area contributed by atoms with Crippen molar-refractivity contribution in [2.45, 2.75) is 33.1 Å². The lowest BCUT2D eigenvalue weighted by Gasteiger charge is -2.27. The molecule has 1 N–H and O–H groups in total. The molecule has 3 rings (SSSR count). The lowest BCUT2D eigenvalue weighted by molar-refractivity contribution is -0.122. The zero-order valence-corrected chi connectivity index (χ0v) is 20.4. The van der Waals surface area contributed by atoms with Gasteiger partial charge in [0.05, 0.1) is 33.1 Å². The normalized spacial score (nSPS) is 14.7. The van der Waals surface area contributed by atoms with Gasteiger partial charge < -0.3 is 18.9 Å². The molecule has 4 amide bonds. The Balaban J connectivity index is 1.91. The van der Waals surface area contributed by atoms with Gasteiger partial charge in [-0.2, -0.15) is 0 Å². The highest BCUT2D eigenvalue weighted by atomic mass is 16.5. The van der Waals surface area contributed by atoms with Gasteiger partial charge in [0, 0.05) is 6.07 Å². The maximum atomic E-state index is 13.3. The Bertz CT molecular complexity index is 1130. The summed E-state index contributed by atoms with van der Waals surface area (Å²) in [6, 6.07) is 8.94. The van der Waals surface area contributed by atoms with Gasteiger partial charge in [-0.05, 0) is 48.7 Å². The number of hydrogen-bond acceptors (Lipinski definition) is 7. The molecule has 0 aliphatic carbocycles. The number of urea groups is 1. The van der Waals surface area contributed by atoms with Gasteiger partial charge in [0.15, 0.2) is 23.0 Å². The molecule has 186 valence electrons. The van der Waals surface area contributed by atoms with E-state index >= 15 is 0 Å². The molecule has 2 aromatic rings. The molecule has 0 radical (unpaired) electrons. The Labute approximate surface area is 204 Å². The molecule has 9 nitrogen and oxygen atoms in total. The smallest absolute Gasteiger partial charge is 0.335 e. The molecule has 1 heterocycles. The zero-order chi connectivity index (χ0) is 25.4. The molecule has 0 bridgehead atoms. The highest BCUT2D eigenvalue weighted by molar-refractivity contribution is 6.39. The number of unbranched alkanes of at least 4 members (excludes halogenated alkanes) is 1. The van der Waals surface area contributed by atoms with Crippen molar-refractivity contribution in [1.29, 1.82) is 0 Å². The molecular weight excluding hydrogens is 452 g/mol. The fourth-order valence-electron chi connectivity index (χ4n) is 3.40. The van der Waals surface area contributed by atoms with Crippen LogP contribution in [0, 0.1) is 0 Å². The highest BCUT2D eigenvalue weighted by Crippen LogP contribution is 2.34. The van der Waals surface area contributed by atoms with Crippen LogP contribution < -0.4 is 29.2 Å². The molecule has 0 unspecified atom stereocenters. The minimum atomic E-state index is -0.848. The van der Waals surface area contributed by atoms with Gasteiger partial charge >= 0.3 is 6.03 Å². The monoisotopic (exact) mass is 482 g/mol. The number of nitrogens with one attached hydrogen (secondary N) is 1. The first-order valence-electron chi connectivity index (χ1n) is 11.5. The predicted molar refractivity (Wildman–Crippen MR) is 131 cm³/mol. The predicted octanol–water partition coefficient (Wildman–Crippen LogP) is 4.34. The summed E-state index contributed by atoms with van der Waals surface area (Å²) < 4.78 is 22.1. The fraction of sp³-hybridized carbons (Fsp3) is 0.346. The Morgan fingerprint density at radius 2 is 1.49 bits per heavy atom. The van der Waals surface area contributed by atoms with Gasteiger partial charge in [-0.15, -0.1) is 0 Å². The topological polar surface area (TPSA) is 103 Å². The van der Waals surface area contributed by atoms with Crippen LogP contribution in [-0.4, -0.2) is 45.3 Å². The minimum Gasteiger partial charge on any atom is -0.493 e. The average Bonchev–Trinajstić information content (AvgIpc) is 2.86. The summed E-state index contributed by atoms with van der Waals surface area (Å²) in [6.07, 6.45) is 4.12. The quantitative estimate of drug-likeness (QED) is 0.289. The third-order valence-corrected chi connectivity index (χ3v) is 5.22. The van der Waals surface area contributed by atoms with Crippen LogP contribution in [0.3, 0.4) is 0 Å². The van der Waals surface area contributed by atoms with E-state index in [2.05, 4.69) is 12.2 Å². The van der Waals surface area contributed by atoms with Crippen LogP contribution in [0.1, 0.15) is 38.7 Å². The van der Waals surface area contributed by atoms with Crippen molar-refractivity contribution in [2.75, 3.05) is 32.3 Å². The fourth-order valence-corrected chi connectivity index (χ4v) is 3.40. The maximum Gasteiger partial charge on any atom is 0.335 e. The number of nitrogens with zero attached hydrogens (tertiary/aromatic N) is 1. The Morgan fingerprint density at radius 3 is 2.14 bits per heavy atom. The van der Waals surface area contributed by atoms with Crippen LogP contribution in [0.5, 0.6) is 23.0 Å². The number of carbonyl (C=O) groups excluding carboxylic acids is 3. The van der Waals surface area contributed by atoms with E-state index < -0.39 is 17.8 Å². The molecule has 35 heavy (non-hydrogen) atoms. The number of anilines is 1. The first kappa shape index (κ1) is 25.6. The summed E-state index contributed by atoms with van der Waals surface area (Å²) in [4.78, 5) is 39.3. The number of benzene rings is 2. The van der Waals surface area contributed by atoms with Gasteiger partial charge in [0.1, 0.15) is 5.57 Å². The molecule has 0 spiro atoms. The van der Waals surface area contributed by atoms with E-state index in [1.165, 1.54) is 26.4 Å². The number of rotatable bonds is 11. The lowest BCUT2D eigenvalue weighted by Crippen LogP contribution is -2.54. The summed E-state index contributed by atoms with van der Waals surface area (Å²) in [5.41, 5.74) is 0.582. The molecule has 1 aliphatic heterocycles. The van der Waals surface area contributed by atoms with E-state index in [1.54, 1.807) is 30.3 Å². The first-order valence-corrected chi connectivity index (χ1v) is 11.5. The molecular formula is C26H30N2O7. The van der Waals surface area contributed by atoms with Gasteiger partial charge in [-0.3, -0.25) is 14.9 Å².